The highest BCUT2D eigenvalue weighted by molar-refractivity contribution is 6.06. The van der Waals surface area contributed by atoms with Gasteiger partial charge in [0.2, 0.25) is 0 Å². The van der Waals surface area contributed by atoms with E-state index in [1.807, 2.05) is 30.3 Å². The Morgan fingerprint density at radius 1 is 1.33 bits per heavy atom. The summed E-state index contributed by atoms with van der Waals surface area (Å²) in [5.74, 6) is 0.871. The van der Waals surface area contributed by atoms with E-state index in [0.29, 0.717) is 18.4 Å². The summed E-state index contributed by atoms with van der Waals surface area (Å²) < 4.78 is 0. The highest BCUT2D eigenvalue weighted by Crippen LogP contribution is 2.22. The Hall–Kier alpha value is -1.74. The summed E-state index contributed by atoms with van der Waals surface area (Å²) in [6, 6.07) is 10.2. The summed E-state index contributed by atoms with van der Waals surface area (Å²) in [5.41, 5.74) is 1.59. The highest BCUT2D eigenvalue weighted by Gasteiger charge is 2.22. The summed E-state index contributed by atoms with van der Waals surface area (Å²) in [6.45, 7) is 3.36. The van der Waals surface area contributed by atoms with Crippen LogP contribution in [0.25, 0.3) is 10.9 Å². The average Bonchev–Trinajstić information content (AvgIpc) is 2.53. The minimum Gasteiger partial charge on any atom is -0.314 e. The van der Waals surface area contributed by atoms with Gasteiger partial charge in [0, 0.05) is 29.6 Å². The van der Waals surface area contributed by atoms with E-state index >= 15 is 0 Å². The molecule has 1 aromatic heterocycles. The SMILES string of the molecule is C[C@@H]1CCCNC1CCC(=O)c1cccc2cccnc12. The van der Waals surface area contributed by atoms with Crippen LogP contribution < -0.4 is 5.32 Å². The lowest BCUT2D eigenvalue weighted by Crippen LogP contribution is -2.40. The van der Waals surface area contributed by atoms with Gasteiger partial charge < -0.3 is 5.32 Å². The Bertz CT molecular complexity index is 633. The summed E-state index contributed by atoms with van der Waals surface area (Å²) in [6.07, 6.45) is 5.78. The van der Waals surface area contributed by atoms with Gasteiger partial charge in [0.05, 0.1) is 5.52 Å². The van der Waals surface area contributed by atoms with E-state index in [1.165, 1.54) is 12.8 Å². The highest BCUT2D eigenvalue weighted by atomic mass is 16.1. The molecule has 0 saturated carbocycles. The van der Waals surface area contributed by atoms with Crippen LogP contribution in [0.4, 0.5) is 0 Å². The first kappa shape index (κ1) is 14.2. The van der Waals surface area contributed by atoms with Crippen molar-refractivity contribution in [3.8, 4) is 0 Å². The minimum absolute atomic E-state index is 0.207. The number of hydrogen-bond acceptors (Lipinski definition) is 3. The van der Waals surface area contributed by atoms with Crippen LogP contribution in [0.3, 0.4) is 0 Å². The van der Waals surface area contributed by atoms with Gasteiger partial charge >= 0.3 is 0 Å². The van der Waals surface area contributed by atoms with E-state index in [1.54, 1.807) is 6.20 Å². The van der Waals surface area contributed by atoms with E-state index in [2.05, 4.69) is 17.2 Å². The Kier molecular flexibility index (Phi) is 4.30. The van der Waals surface area contributed by atoms with E-state index < -0.39 is 0 Å². The van der Waals surface area contributed by atoms with Crippen molar-refractivity contribution in [2.45, 2.75) is 38.6 Å². The van der Waals surface area contributed by atoms with Crippen molar-refractivity contribution in [2.75, 3.05) is 6.54 Å². The predicted molar refractivity (Wildman–Crippen MR) is 85.5 cm³/mol. The van der Waals surface area contributed by atoms with Gasteiger partial charge in [-0.1, -0.05) is 25.1 Å². The van der Waals surface area contributed by atoms with Crippen molar-refractivity contribution < 1.29 is 4.79 Å². The van der Waals surface area contributed by atoms with Crippen molar-refractivity contribution in [1.82, 2.24) is 10.3 Å². The van der Waals surface area contributed by atoms with Crippen LogP contribution in [0.1, 0.15) is 43.0 Å². The molecule has 0 bridgehead atoms. The molecular formula is C18H22N2O. The van der Waals surface area contributed by atoms with E-state index in [4.69, 9.17) is 0 Å². The zero-order valence-corrected chi connectivity index (χ0v) is 12.5. The zero-order valence-electron chi connectivity index (χ0n) is 12.5. The monoisotopic (exact) mass is 282 g/mol. The van der Waals surface area contributed by atoms with Gasteiger partial charge in [0.15, 0.2) is 5.78 Å². The van der Waals surface area contributed by atoms with Crippen LogP contribution in [0.2, 0.25) is 0 Å². The smallest absolute Gasteiger partial charge is 0.165 e. The van der Waals surface area contributed by atoms with Gasteiger partial charge in [-0.15, -0.1) is 0 Å². The lowest BCUT2D eigenvalue weighted by atomic mass is 9.88. The third-order valence-electron chi connectivity index (χ3n) is 4.55. The fourth-order valence-electron chi connectivity index (χ4n) is 3.25. The Morgan fingerprint density at radius 2 is 2.19 bits per heavy atom. The Morgan fingerprint density at radius 3 is 3.05 bits per heavy atom. The van der Waals surface area contributed by atoms with Crippen molar-refractivity contribution in [3.05, 3.63) is 42.1 Å². The maximum Gasteiger partial charge on any atom is 0.165 e. The first-order valence-corrected chi connectivity index (χ1v) is 7.86. The number of fused-ring (bicyclic) bond motifs is 1. The van der Waals surface area contributed by atoms with E-state index in [-0.39, 0.29) is 5.78 Å². The maximum absolute atomic E-state index is 12.5. The molecule has 3 nitrogen and oxygen atoms in total. The molecule has 3 heteroatoms. The van der Waals surface area contributed by atoms with Gasteiger partial charge in [-0.3, -0.25) is 9.78 Å². The second-order valence-electron chi connectivity index (χ2n) is 6.02. The number of ketones is 1. The van der Waals surface area contributed by atoms with Crippen LogP contribution >= 0.6 is 0 Å². The average molecular weight is 282 g/mol. The lowest BCUT2D eigenvalue weighted by Gasteiger charge is -2.29. The van der Waals surface area contributed by atoms with Crippen molar-refractivity contribution in [2.24, 2.45) is 5.92 Å². The van der Waals surface area contributed by atoms with E-state index in [0.717, 1.165) is 29.4 Å². The summed E-state index contributed by atoms with van der Waals surface area (Å²) >= 11 is 0. The van der Waals surface area contributed by atoms with Gasteiger partial charge in [0.1, 0.15) is 0 Å². The molecule has 0 radical (unpaired) electrons. The molecule has 0 spiro atoms. The Balaban J connectivity index is 1.72. The number of aromatic nitrogens is 1. The van der Waals surface area contributed by atoms with Crippen LogP contribution in [-0.4, -0.2) is 23.4 Å². The van der Waals surface area contributed by atoms with Crippen LogP contribution in [0, 0.1) is 5.92 Å². The number of carbonyl (C=O) groups is 1. The van der Waals surface area contributed by atoms with Crippen molar-refractivity contribution in [1.29, 1.82) is 0 Å². The van der Waals surface area contributed by atoms with E-state index in [9.17, 15) is 4.79 Å². The number of carbonyl (C=O) groups excluding carboxylic acids is 1. The molecule has 1 fully saturated rings. The van der Waals surface area contributed by atoms with Crippen LogP contribution in [0.15, 0.2) is 36.5 Å². The number of benzene rings is 1. The number of piperidine rings is 1. The molecule has 110 valence electrons. The molecule has 1 unspecified atom stereocenters. The molecule has 2 atom stereocenters. The zero-order chi connectivity index (χ0) is 14.7. The second kappa shape index (κ2) is 6.35. The molecule has 0 aliphatic carbocycles. The largest absolute Gasteiger partial charge is 0.314 e. The summed E-state index contributed by atoms with van der Waals surface area (Å²) in [4.78, 5) is 16.9. The molecule has 2 heterocycles. The van der Waals surface area contributed by atoms with Gasteiger partial charge in [-0.25, -0.2) is 0 Å². The molecule has 1 saturated heterocycles. The fourth-order valence-corrected chi connectivity index (χ4v) is 3.25. The standard InChI is InChI=1S/C18H22N2O/c1-13-5-3-11-19-16(13)9-10-17(21)15-8-2-6-14-7-4-12-20-18(14)15/h2,4,6-8,12-13,16,19H,3,5,9-11H2,1H3/t13-,16?/m1/s1. The maximum atomic E-state index is 12.5. The quantitative estimate of drug-likeness (QED) is 0.871. The molecule has 2 aromatic rings. The van der Waals surface area contributed by atoms with Crippen molar-refractivity contribution >= 4 is 16.7 Å². The number of pyridine rings is 1. The third kappa shape index (κ3) is 3.13. The summed E-state index contributed by atoms with van der Waals surface area (Å²) in [7, 11) is 0. The summed E-state index contributed by atoms with van der Waals surface area (Å²) in [5, 5.41) is 4.58. The number of nitrogens with zero attached hydrogens (tertiary/aromatic N) is 1. The number of rotatable bonds is 4. The first-order valence-electron chi connectivity index (χ1n) is 7.86. The molecular weight excluding hydrogens is 260 g/mol. The van der Waals surface area contributed by atoms with Crippen molar-refractivity contribution in [3.63, 3.8) is 0 Å². The number of para-hydroxylation sites is 1. The lowest BCUT2D eigenvalue weighted by molar-refractivity contribution is 0.0971. The second-order valence-corrected chi connectivity index (χ2v) is 6.02. The number of nitrogens with one attached hydrogen (secondary N) is 1. The molecule has 1 aromatic carbocycles. The number of hydrogen-bond donors (Lipinski definition) is 1. The molecule has 0 amide bonds. The molecule has 1 aliphatic heterocycles. The minimum atomic E-state index is 0.207. The molecule has 1 N–H and O–H groups in total. The van der Waals surface area contributed by atoms with Gasteiger partial charge in [0.25, 0.3) is 0 Å². The normalized spacial score (nSPS) is 22.3. The van der Waals surface area contributed by atoms with Crippen LogP contribution in [-0.2, 0) is 0 Å². The topological polar surface area (TPSA) is 42.0 Å². The fraction of sp³-hybridized carbons (Fsp3) is 0.444. The third-order valence-corrected chi connectivity index (χ3v) is 4.55. The predicted octanol–water partition coefficient (Wildman–Crippen LogP) is 3.59. The Labute approximate surface area is 125 Å². The van der Waals surface area contributed by atoms with Crippen LogP contribution in [0.5, 0.6) is 0 Å². The van der Waals surface area contributed by atoms with Gasteiger partial charge in [-0.05, 0) is 43.9 Å². The molecule has 3 rings (SSSR count). The number of Topliss-reactive ketones (excluding diaryl/α,β-unsaturated/α-hetero) is 1. The first-order chi connectivity index (χ1) is 10.3. The van der Waals surface area contributed by atoms with Gasteiger partial charge in [-0.2, -0.15) is 0 Å². The molecule has 21 heavy (non-hydrogen) atoms. The molecule has 1 aliphatic rings.